The average Bonchev–Trinajstić information content (AvgIpc) is 2.34. The van der Waals surface area contributed by atoms with Crippen LogP contribution in [0.25, 0.3) is 0 Å². The van der Waals surface area contributed by atoms with Crippen LogP contribution in [0, 0.1) is 0 Å². The topological polar surface area (TPSA) is 103 Å². The molecule has 0 radical (unpaired) electrons. The fourth-order valence-electron chi connectivity index (χ4n) is 2.18. The minimum Gasteiger partial charge on any atom is -0.810 e. The monoisotopic (exact) mass is 492 g/mol. The second kappa shape index (κ2) is 21.0. The van der Waals surface area contributed by atoms with Crippen LogP contribution in [-0.2, 0) is 9.13 Å². The molecule has 0 saturated carbocycles. The molecular formula is C17H29K3O5P2. The molecule has 0 saturated heterocycles. The summed E-state index contributed by atoms with van der Waals surface area (Å²) in [6.45, 7) is 8.20. The van der Waals surface area contributed by atoms with Gasteiger partial charge in [0.15, 0.2) is 0 Å². The van der Waals surface area contributed by atoms with Gasteiger partial charge >= 0.3 is 154 Å². The predicted molar refractivity (Wildman–Crippen MR) is 95.0 cm³/mol. The Morgan fingerprint density at radius 1 is 0.741 bits per heavy atom. The van der Waals surface area contributed by atoms with E-state index in [0.717, 1.165) is 31.3 Å². The van der Waals surface area contributed by atoms with Crippen molar-refractivity contribution in [1.29, 1.82) is 0 Å². The molecule has 140 valence electrons. The summed E-state index contributed by atoms with van der Waals surface area (Å²) in [7, 11) is -9.14. The van der Waals surface area contributed by atoms with Gasteiger partial charge in [0.25, 0.3) is 0 Å². The van der Waals surface area contributed by atoms with E-state index in [0.29, 0.717) is 0 Å². The Morgan fingerprint density at radius 2 is 1.15 bits per heavy atom. The maximum Gasteiger partial charge on any atom is 1.00 e. The quantitative estimate of drug-likeness (QED) is 0.163. The molecule has 0 aromatic rings. The molecule has 0 spiro atoms. The average molecular weight is 493 g/mol. The molecule has 0 fully saturated rings. The summed E-state index contributed by atoms with van der Waals surface area (Å²) < 4.78 is 22.0. The standard InChI is InChI=1S/C17H32O5P2.3K/c1-15(2)8-5-9-16(3)10-6-11-17(4)12-7-13-23(18,19)14-24(20,21)22;;;/h8,10,12H,5-7,9,11,13-14H2,1-4H3,(H,18,19)(H2,20,21,22);;;/q;3*+1/p-3/b16-10+,17-12+;;;. The normalized spacial score (nSPS) is 14.2. The molecule has 0 rings (SSSR count). The first kappa shape index (κ1) is 38.7. The molecule has 5 nitrogen and oxygen atoms in total. The first-order valence-electron chi connectivity index (χ1n) is 8.16. The first-order chi connectivity index (χ1) is 10.9. The van der Waals surface area contributed by atoms with Crippen LogP contribution < -0.4 is 169 Å². The summed E-state index contributed by atoms with van der Waals surface area (Å²) in [5, 5.41) is 0. The van der Waals surface area contributed by atoms with E-state index in [4.69, 9.17) is 0 Å². The molecule has 0 aromatic heterocycles. The van der Waals surface area contributed by atoms with E-state index in [-0.39, 0.29) is 167 Å². The van der Waals surface area contributed by atoms with Crippen molar-refractivity contribution < 1.29 is 178 Å². The van der Waals surface area contributed by atoms with Crippen LogP contribution in [0.2, 0.25) is 0 Å². The van der Waals surface area contributed by atoms with Crippen molar-refractivity contribution in [3.63, 3.8) is 0 Å². The van der Waals surface area contributed by atoms with Gasteiger partial charge in [-0.1, -0.05) is 42.5 Å². The van der Waals surface area contributed by atoms with Crippen molar-refractivity contribution in [2.45, 2.75) is 59.8 Å². The number of hydrogen-bond donors (Lipinski definition) is 0. The van der Waals surface area contributed by atoms with Crippen LogP contribution in [0.1, 0.15) is 59.8 Å². The molecule has 0 aromatic carbocycles. The molecule has 1 unspecified atom stereocenters. The third-order valence-corrected chi connectivity index (χ3v) is 7.52. The maximum atomic E-state index is 11.5. The number of allylic oxidation sites excluding steroid dienone is 6. The molecule has 0 aliphatic rings. The van der Waals surface area contributed by atoms with Crippen molar-refractivity contribution in [2.75, 3.05) is 12.1 Å². The van der Waals surface area contributed by atoms with Gasteiger partial charge in [0.1, 0.15) is 0 Å². The summed E-state index contributed by atoms with van der Waals surface area (Å²) in [6, 6.07) is 0. The minimum atomic E-state index is -5.00. The van der Waals surface area contributed by atoms with Crippen LogP contribution in [0.4, 0.5) is 0 Å². The van der Waals surface area contributed by atoms with Gasteiger partial charge in [-0.15, -0.1) is 0 Å². The van der Waals surface area contributed by atoms with Crippen molar-refractivity contribution >= 4 is 15.0 Å². The zero-order valence-electron chi connectivity index (χ0n) is 18.1. The molecule has 0 amide bonds. The van der Waals surface area contributed by atoms with Crippen LogP contribution >= 0.6 is 15.0 Å². The van der Waals surface area contributed by atoms with Crippen LogP contribution in [0.3, 0.4) is 0 Å². The fourth-order valence-corrected chi connectivity index (χ4v) is 5.38. The second-order valence-electron chi connectivity index (χ2n) is 6.54. The summed E-state index contributed by atoms with van der Waals surface area (Å²) >= 11 is 0. The zero-order chi connectivity index (χ0) is 18.8. The zero-order valence-corrected chi connectivity index (χ0v) is 29.3. The van der Waals surface area contributed by atoms with Crippen LogP contribution in [-0.4, -0.2) is 12.1 Å². The van der Waals surface area contributed by atoms with E-state index in [9.17, 15) is 23.8 Å². The van der Waals surface area contributed by atoms with Crippen molar-refractivity contribution in [3.8, 4) is 0 Å². The summed E-state index contributed by atoms with van der Waals surface area (Å²) in [6.07, 6.45) is 9.99. The summed E-state index contributed by atoms with van der Waals surface area (Å²) in [5.41, 5.74) is 3.73. The molecule has 0 heterocycles. The Kier molecular flexibility index (Phi) is 30.2. The van der Waals surface area contributed by atoms with E-state index in [2.05, 4.69) is 32.9 Å². The van der Waals surface area contributed by atoms with E-state index in [1.807, 2.05) is 6.92 Å². The van der Waals surface area contributed by atoms with E-state index in [1.165, 1.54) is 11.1 Å². The first-order valence-corrected chi connectivity index (χ1v) is 11.9. The van der Waals surface area contributed by atoms with Crippen LogP contribution in [0.15, 0.2) is 34.9 Å². The van der Waals surface area contributed by atoms with Crippen molar-refractivity contribution in [2.24, 2.45) is 0 Å². The summed E-state index contributed by atoms with van der Waals surface area (Å²) in [5.74, 6) is -1.26. The SMILES string of the molecule is CC(C)=CCC/C(C)=C/CC/C(C)=C/CCP(=O)([O-])CP(=O)([O-])[O-].[K+].[K+].[K+]. The molecule has 10 heteroatoms. The van der Waals surface area contributed by atoms with Gasteiger partial charge < -0.3 is 23.8 Å². The van der Waals surface area contributed by atoms with E-state index < -0.39 is 20.9 Å². The molecule has 0 aliphatic carbocycles. The van der Waals surface area contributed by atoms with Crippen LogP contribution in [0.5, 0.6) is 0 Å². The molecule has 1 atom stereocenters. The molecule has 0 aliphatic heterocycles. The summed E-state index contributed by atoms with van der Waals surface area (Å²) in [4.78, 5) is 32.6. The molecular weight excluding hydrogens is 463 g/mol. The molecule has 0 bridgehead atoms. The van der Waals surface area contributed by atoms with Crippen molar-refractivity contribution in [3.05, 3.63) is 34.9 Å². The van der Waals surface area contributed by atoms with E-state index in [1.54, 1.807) is 6.08 Å². The number of hydrogen-bond acceptors (Lipinski definition) is 5. The van der Waals surface area contributed by atoms with Gasteiger partial charge in [0, 0.05) is 13.3 Å². The minimum absolute atomic E-state index is 0. The van der Waals surface area contributed by atoms with Crippen molar-refractivity contribution in [1.82, 2.24) is 0 Å². The van der Waals surface area contributed by atoms with E-state index >= 15 is 0 Å². The largest absolute Gasteiger partial charge is 1.00 e. The maximum absolute atomic E-state index is 11.5. The van der Waals surface area contributed by atoms with Gasteiger partial charge in [-0.05, 0) is 66.0 Å². The fraction of sp³-hybridized carbons (Fsp3) is 0.647. The van der Waals surface area contributed by atoms with Gasteiger partial charge in [0.2, 0.25) is 0 Å². The predicted octanol–water partition coefficient (Wildman–Crippen LogP) is -5.68. The smallest absolute Gasteiger partial charge is 0.810 e. The third kappa shape index (κ3) is 28.4. The Hall–Kier alpha value is 4.47. The Labute approximate surface area is 292 Å². The molecule has 0 N–H and O–H groups in total. The van der Waals surface area contributed by atoms with Gasteiger partial charge in [-0.3, -0.25) is 0 Å². The Balaban J connectivity index is -0.000000882. The Bertz CT molecular complexity index is 579. The van der Waals surface area contributed by atoms with Gasteiger partial charge in [-0.2, -0.15) is 0 Å². The second-order valence-corrected chi connectivity index (χ2v) is 11.0. The third-order valence-electron chi connectivity index (χ3n) is 3.47. The van der Waals surface area contributed by atoms with Gasteiger partial charge in [-0.25, -0.2) is 0 Å². The molecule has 27 heavy (non-hydrogen) atoms. The van der Waals surface area contributed by atoms with Gasteiger partial charge in [0.05, 0.1) is 0 Å². The number of rotatable bonds is 11. The Morgan fingerprint density at radius 3 is 1.56 bits per heavy atom.